The van der Waals surface area contributed by atoms with E-state index < -0.39 is 5.60 Å². The van der Waals surface area contributed by atoms with E-state index >= 15 is 0 Å². The zero-order valence-electron chi connectivity index (χ0n) is 17.2. The highest BCUT2D eigenvalue weighted by Crippen LogP contribution is 2.29. The van der Waals surface area contributed by atoms with Crippen LogP contribution in [0.2, 0.25) is 0 Å². The molecule has 1 aromatic rings. The molecule has 1 N–H and O–H groups in total. The van der Waals surface area contributed by atoms with Crippen LogP contribution in [0.25, 0.3) is 0 Å². The summed E-state index contributed by atoms with van der Waals surface area (Å²) in [5, 5.41) is 3.64. The van der Waals surface area contributed by atoms with Crippen molar-refractivity contribution in [3.05, 3.63) is 35.9 Å². The molecule has 0 aliphatic carbocycles. The Morgan fingerprint density at radius 1 is 1.12 bits per heavy atom. The second kappa shape index (κ2) is 8.70. The average molecular weight is 349 g/mol. The van der Waals surface area contributed by atoms with E-state index in [1.54, 1.807) is 11.9 Å². The van der Waals surface area contributed by atoms with Gasteiger partial charge in [-0.3, -0.25) is 0 Å². The summed E-state index contributed by atoms with van der Waals surface area (Å²) in [4.78, 5) is 13.9. The summed E-state index contributed by atoms with van der Waals surface area (Å²) in [5.74, 6) is 0. The lowest BCUT2D eigenvalue weighted by Gasteiger charge is -2.32. The number of carbonyl (C=O) groups excluding carboxylic acids is 1. The standard InChI is InChI=1S/C21H36N2O2/c1-16(23(8)19(24)25-21(5,6)7)15-22-18(14-20(2,3)4)17-12-10-9-11-13-17/h9-13,16,18,22H,14-15H2,1-8H3. The minimum Gasteiger partial charge on any atom is -0.444 e. The number of hydrogen-bond acceptors (Lipinski definition) is 3. The maximum atomic E-state index is 12.2. The summed E-state index contributed by atoms with van der Waals surface area (Å²) in [5.41, 5.74) is 1.02. The van der Waals surface area contributed by atoms with Crippen LogP contribution in [0.5, 0.6) is 0 Å². The zero-order chi connectivity index (χ0) is 19.3. The van der Waals surface area contributed by atoms with E-state index in [0.29, 0.717) is 6.54 Å². The van der Waals surface area contributed by atoms with Crippen LogP contribution in [0.3, 0.4) is 0 Å². The Morgan fingerprint density at radius 2 is 1.68 bits per heavy atom. The molecule has 1 amide bonds. The number of ether oxygens (including phenoxy) is 1. The quantitative estimate of drug-likeness (QED) is 0.786. The highest BCUT2D eigenvalue weighted by Gasteiger charge is 2.25. The lowest BCUT2D eigenvalue weighted by Crippen LogP contribution is -2.44. The number of nitrogens with one attached hydrogen (secondary N) is 1. The zero-order valence-corrected chi connectivity index (χ0v) is 17.2. The molecule has 0 spiro atoms. The number of amides is 1. The number of benzene rings is 1. The van der Waals surface area contributed by atoms with Crippen LogP contribution in [0.15, 0.2) is 30.3 Å². The topological polar surface area (TPSA) is 41.6 Å². The van der Waals surface area contributed by atoms with Gasteiger partial charge in [0.1, 0.15) is 5.60 Å². The van der Waals surface area contributed by atoms with E-state index in [4.69, 9.17) is 4.74 Å². The maximum Gasteiger partial charge on any atom is 0.410 e. The van der Waals surface area contributed by atoms with Crippen molar-refractivity contribution < 1.29 is 9.53 Å². The molecule has 1 rings (SSSR count). The third-order valence-corrected chi connectivity index (χ3v) is 4.02. The van der Waals surface area contributed by atoms with Gasteiger partial charge in [-0.2, -0.15) is 0 Å². The highest BCUT2D eigenvalue weighted by molar-refractivity contribution is 5.68. The van der Waals surface area contributed by atoms with E-state index in [1.165, 1.54) is 5.56 Å². The lowest BCUT2D eigenvalue weighted by atomic mass is 9.85. The van der Waals surface area contributed by atoms with Crippen LogP contribution in [0, 0.1) is 5.41 Å². The number of likely N-dealkylation sites (N-methyl/N-ethyl adjacent to an activating group) is 1. The summed E-state index contributed by atoms with van der Waals surface area (Å²) in [7, 11) is 1.79. The Morgan fingerprint density at radius 3 is 2.16 bits per heavy atom. The molecule has 0 bridgehead atoms. The smallest absolute Gasteiger partial charge is 0.410 e. The van der Waals surface area contributed by atoms with E-state index in [0.717, 1.165) is 6.42 Å². The first-order valence-corrected chi connectivity index (χ1v) is 9.13. The molecule has 25 heavy (non-hydrogen) atoms. The van der Waals surface area contributed by atoms with Gasteiger partial charge in [-0.25, -0.2) is 4.79 Å². The Labute approximate surface area is 153 Å². The van der Waals surface area contributed by atoms with Crippen LogP contribution < -0.4 is 5.32 Å². The van der Waals surface area contributed by atoms with Gasteiger partial charge in [-0.05, 0) is 45.1 Å². The van der Waals surface area contributed by atoms with Crippen LogP contribution in [-0.2, 0) is 4.74 Å². The van der Waals surface area contributed by atoms with Crippen molar-refractivity contribution >= 4 is 6.09 Å². The fourth-order valence-corrected chi connectivity index (χ4v) is 2.57. The van der Waals surface area contributed by atoms with E-state index in [9.17, 15) is 4.79 Å². The molecule has 4 nitrogen and oxygen atoms in total. The minimum absolute atomic E-state index is 0.0426. The molecule has 0 radical (unpaired) electrons. The van der Waals surface area contributed by atoms with Crippen molar-refractivity contribution in [1.82, 2.24) is 10.2 Å². The number of rotatable bonds is 6. The molecule has 0 heterocycles. The molecule has 0 saturated carbocycles. The molecule has 2 unspecified atom stereocenters. The van der Waals surface area contributed by atoms with Crippen LogP contribution >= 0.6 is 0 Å². The van der Waals surface area contributed by atoms with Crippen LogP contribution in [0.4, 0.5) is 4.79 Å². The first-order valence-electron chi connectivity index (χ1n) is 9.13. The Bertz CT molecular complexity index is 529. The second-order valence-corrected chi connectivity index (χ2v) is 9.08. The fraction of sp³-hybridized carbons (Fsp3) is 0.667. The normalized spacial score (nSPS) is 14.7. The fourth-order valence-electron chi connectivity index (χ4n) is 2.57. The van der Waals surface area contributed by atoms with Gasteiger partial charge >= 0.3 is 6.09 Å². The molecule has 2 atom stereocenters. The average Bonchev–Trinajstić information content (AvgIpc) is 2.48. The van der Waals surface area contributed by atoms with Crippen molar-refractivity contribution in [2.75, 3.05) is 13.6 Å². The molecule has 0 aromatic heterocycles. The number of nitrogens with zero attached hydrogens (tertiary/aromatic N) is 1. The highest BCUT2D eigenvalue weighted by atomic mass is 16.6. The Hall–Kier alpha value is -1.55. The lowest BCUT2D eigenvalue weighted by molar-refractivity contribution is 0.0233. The monoisotopic (exact) mass is 348 g/mol. The van der Waals surface area contributed by atoms with Crippen LogP contribution in [0.1, 0.15) is 66.5 Å². The van der Waals surface area contributed by atoms with Crippen molar-refractivity contribution in [3.8, 4) is 0 Å². The van der Waals surface area contributed by atoms with Crippen molar-refractivity contribution in [3.63, 3.8) is 0 Å². The molecule has 142 valence electrons. The van der Waals surface area contributed by atoms with Crippen LogP contribution in [-0.4, -0.2) is 36.2 Å². The van der Waals surface area contributed by atoms with Crippen molar-refractivity contribution in [2.45, 2.75) is 72.6 Å². The van der Waals surface area contributed by atoms with E-state index in [1.807, 2.05) is 33.8 Å². The molecule has 4 heteroatoms. The predicted molar refractivity (Wildman–Crippen MR) is 105 cm³/mol. The van der Waals surface area contributed by atoms with Gasteiger partial charge in [-0.15, -0.1) is 0 Å². The third kappa shape index (κ3) is 8.39. The van der Waals surface area contributed by atoms with E-state index in [2.05, 4.69) is 50.4 Å². The third-order valence-electron chi connectivity index (χ3n) is 4.02. The number of carbonyl (C=O) groups is 1. The largest absolute Gasteiger partial charge is 0.444 e. The van der Waals surface area contributed by atoms with E-state index in [-0.39, 0.29) is 23.6 Å². The van der Waals surface area contributed by atoms with Gasteiger partial charge in [0, 0.05) is 25.7 Å². The van der Waals surface area contributed by atoms with Crippen molar-refractivity contribution in [1.29, 1.82) is 0 Å². The van der Waals surface area contributed by atoms with Gasteiger partial charge in [0.2, 0.25) is 0 Å². The Kier molecular flexibility index (Phi) is 7.48. The van der Waals surface area contributed by atoms with Gasteiger partial charge in [0.05, 0.1) is 0 Å². The minimum atomic E-state index is -0.475. The van der Waals surface area contributed by atoms with Gasteiger partial charge in [-0.1, -0.05) is 51.1 Å². The molecule has 0 saturated heterocycles. The predicted octanol–water partition coefficient (Wildman–Crippen LogP) is 5.01. The van der Waals surface area contributed by atoms with Gasteiger partial charge in [0.25, 0.3) is 0 Å². The van der Waals surface area contributed by atoms with Gasteiger partial charge < -0.3 is 15.0 Å². The van der Waals surface area contributed by atoms with Gasteiger partial charge in [0.15, 0.2) is 0 Å². The maximum absolute atomic E-state index is 12.2. The molecule has 0 aliphatic heterocycles. The summed E-state index contributed by atoms with van der Waals surface area (Å²) < 4.78 is 5.45. The molecular weight excluding hydrogens is 312 g/mol. The summed E-state index contributed by atoms with van der Waals surface area (Å²) in [6.07, 6.45) is 0.744. The summed E-state index contributed by atoms with van der Waals surface area (Å²) >= 11 is 0. The first-order chi connectivity index (χ1) is 11.4. The second-order valence-electron chi connectivity index (χ2n) is 9.08. The molecule has 0 aliphatic rings. The summed E-state index contributed by atoms with van der Waals surface area (Å²) in [6, 6.07) is 10.8. The number of hydrogen-bond donors (Lipinski definition) is 1. The summed E-state index contributed by atoms with van der Waals surface area (Å²) in [6.45, 7) is 15.2. The Balaban J connectivity index is 2.71. The first kappa shape index (κ1) is 21.5. The SMILES string of the molecule is CC(CNC(CC(C)(C)C)c1ccccc1)N(C)C(=O)OC(C)(C)C. The molecule has 0 fully saturated rings. The molecule has 1 aromatic carbocycles. The van der Waals surface area contributed by atoms with Crippen molar-refractivity contribution in [2.24, 2.45) is 5.41 Å². The molecular formula is C21H36N2O2.